The van der Waals surface area contributed by atoms with Crippen LogP contribution in [0.4, 0.5) is 0 Å². The highest BCUT2D eigenvalue weighted by molar-refractivity contribution is 7.09. The average Bonchev–Trinajstić information content (AvgIpc) is 2.88. The van der Waals surface area contributed by atoms with Crippen molar-refractivity contribution < 1.29 is 0 Å². The summed E-state index contributed by atoms with van der Waals surface area (Å²) >= 11 is 1.69. The maximum atomic E-state index is 4.07. The van der Waals surface area contributed by atoms with Crippen molar-refractivity contribution in [2.24, 2.45) is 0 Å². The van der Waals surface area contributed by atoms with E-state index >= 15 is 0 Å². The van der Waals surface area contributed by atoms with Crippen LogP contribution in [0.1, 0.15) is 23.4 Å². The third-order valence-corrected chi connectivity index (χ3v) is 3.29. The minimum atomic E-state index is 0.410. The molecule has 4 heteroatoms. The zero-order valence-corrected chi connectivity index (χ0v) is 9.79. The van der Waals surface area contributed by atoms with Gasteiger partial charge in [-0.15, -0.1) is 11.3 Å². The lowest BCUT2D eigenvalue weighted by molar-refractivity contribution is 0.649. The van der Waals surface area contributed by atoms with Crippen molar-refractivity contribution in [3.8, 4) is 0 Å². The molecule has 1 atom stereocenters. The molecule has 0 aliphatic heterocycles. The third-order valence-electron chi connectivity index (χ3n) is 2.53. The van der Waals surface area contributed by atoms with Gasteiger partial charge < -0.3 is 9.88 Å². The average molecular weight is 221 g/mol. The van der Waals surface area contributed by atoms with Crippen LogP contribution in [0, 0.1) is 0 Å². The number of thiazole rings is 1. The van der Waals surface area contributed by atoms with Gasteiger partial charge in [-0.2, -0.15) is 0 Å². The highest BCUT2D eigenvalue weighted by Crippen LogP contribution is 2.14. The van der Waals surface area contributed by atoms with Gasteiger partial charge in [0.15, 0.2) is 0 Å². The normalized spacial score (nSPS) is 12.9. The predicted molar refractivity (Wildman–Crippen MR) is 63.1 cm³/mol. The van der Waals surface area contributed by atoms with E-state index in [-0.39, 0.29) is 0 Å². The molecule has 80 valence electrons. The molecule has 0 saturated carbocycles. The number of hydrogen-bond acceptors (Lipinski definition) is 3. The molecule has 0 aliphatic carbocycles. The van der Waals surface area contributed by atoms with Gasteiger partial charge in [-0.05, 0) is 25.6 Å². The Hall–Kier alpha value is -1.13. The van der Waals surface area contributed by atoms with Crippen molar-refractivity contribution in [3.05, 3.63) is 40.6 Å². The van der Waals surface area contributed by atoms with Crippen LogP contribution in [0.15, 0.2) is 30.2 Å². The number of nitrogens with one attached hydrogen (secondary N) is 1. The van der Waals surface area contributed by atoms with Crippen LogP contribution < -0.4 is 5.32 Å². The Labute approximate surface area is 93.8 Å². The molecule has 3 nitrogen and oxygen atoms in total. The summed E-state index contributed by atoms with van der Waals surface area (Å²) in [6.07, 6.45) is 6.22. The first-order valence-electron chi connectivity index (χ1n) is 5.00. The van der Waals surface area contributed by atoms with Gasteiger partial charge in [-0.3, -0.25) is 4.98 Å². The van der Waals surface area contributed by atoms with Crippen molar-refractivity contribution in [1.82, 2.24) is 14.9 Å². The quantitative estimate of drug-likeness (QED) is 0.858. The molecule has 0 fully saturated rings. The molecule has 2 rings (SSSR count). The van der Waals surface area contributed by atoms with E-state index in [1.54, 1.807) is 11.3 Å². The fraction of sp³-hybridized carbons (Fsp3) is 0.364. The van der Waals surface area contributed by atoms with Gasteiger partial charge in [0.05, 0.1) is 12.1 Å². The van der Waals surface area contributed by atoms with Gasteiger partial charge in [0, 0.05) is 29.5 Å². The zero-order chi connectivity index (χ0) is 10.7. The Morgan fingerprint density at radius 1 is 1.60 bits per heavy atom. The van der Waals surface area contributed by atoms with Gasteiger partial charge in [0.25, 0.3) is 0 Å². The minimum absolute atomic E-state index is 0.410. The predicted octanol–water partition coefficient (Wildman–Crippen LogP) is 2.27. The van der Waals surface area contributed by atoms with E-state index in [9.17, 15) is 0 Å². The summed E-state index contributed by atoms with van der Waals surface area (Å²) in [4.78, 5) is 5.36. The van der Waals surface area contributed by atoms with Crippen molar-refractivity contribution in [1.29, 1.82) is 0 Å². The Balaban J connectivity index is 2.07. The van der Waals surface area contributed by atoms with Gasteiger partial charge in [0.2, 0.25) is 0 Å². The number of hydrogen-bond donors (Lipinski definition) is 1. The Bertz CT molecular complexity index is 405. The standard InChI is InChI=1S/C11H15N3S/c1-9(12-2)10-3-4-14(6-10)7-11-5-13-8-15-11/h3-6,8-9,12H,7H2,1-2H3. The molecule has 0 bridgehead atoms. The van der Waals surface area contributed by atoms with Crippen LogP contribution in [0.5, 0.6) is 0 Å². The van der Waals surface area contributed by atoms with E-state index < -0.39 is 0 Å². The fourth-order valence-corrected chi connectivity index (χ4v) is 2.08. The molecule has 0 aliphatic rings. The summed E-state index contributed by atoms with van der Waals surface area (Å²) in [5.41, 5.74) is 3.19. The molecular formula is C11H15N3S. The molecule has 0 amide bonds. The summed E-state index contributed by atoms with van der Waals surface area (Å²) < 4.78 is 2.19. The second kappa shape index (κ2) is 4.59. The van der Waals surface area contributed by atoms with Crippen molar-refractivity contribution >= 4 is 11.3 Å². The summed E-state index contributed by atoms with van der Waals surface area (Å²) in [6.45, 7) is 3.08. The first-order chi connectivity index (χ1) is 7.29. The molecule has 1 unspecified atom stereocenters. The second-order valence-corrected chi connectivity index (χ2v) is 4.57. The molecule has 0 radical (unpaired) electrons. The lowest BCUT2D eigenvalue weighted by Gasteiger charge is -2.06. The SMILES string of the molecule is CNC(C)c1ccn(Cc2cncs2)c1. The van der Waals surface area contributed by atoms with Gasteiger partial charge in [-0.1, -0.05) is 0 Å². The molecule has 0 aromatic carbocycles. The summed E-state index contributed by atoms with van der Waals surface area (Å²) in [6, 6.07) is 2.56. The van der Waals surface area contributed by atoms with Gasteiger partial charge >= 0.3 is 0 Å². The lowest BCUT2D eigenvalue weighted by atomic mass is 10.2. The smallest absolute Gasteiger partial charge is 0.0794 e. The third kappa shape index (κ3) is 2.46. The van der Waals surface area contributed by atoms with Crippen LogP contribution in [-0.2, 0) is 6.54 Å². The molecule has 2 heterocycles. The monoisotopic (exact) mass is 221 g/mol. The van der Waals surface area contributed by atoms with Gasteiger partial charge in [0.1, 0.15) is 0 Å². The van der Waals surface area contributed by atoms with E-state index in [4.69, 9.17) is 0 Å². The molecule has 2 aromatic heterocycles. The zero-order valence-electron chi connectivity index (χ0n) is 8.97. The first-order valence-corrected chi connectivity index (χ1v) is 5.88. The second-order valence-electron chi connectivity index (χ2n) is 3.60. The Morgan fingerprint density at radius 2 is 2.47 bits per heavy atom. The van der Waals surface area contributed by atoms with E-state index in [1.165, 1.54) is 10.4 Å². The van der Waals surface area contributed by atoms with Crippen LogP contribution >= 0.6 is 11.3 Å². The number of nitrogens with zero attached hydrogens (tertiary/aromatic N) is 2. The summed E-state index contributed by atoms with van der Waals surface area (Å²) in [5.74, 6) is 0. The Kier molecular flexibility index (Phi) is 3.18. The summed E-state index contributed by atoms with van der Waals surface area (Å²) in [7, 11) is 1.98. The summed E-state index contributed by atoms with van der Waals surface area (Å²) in [5, 5.41) is 3.23. The fourth-order valence-electron chi connectivity index (χ4n) is 1.48. The molecule has 0 spiro atoms. The Morgan fingerprint density at radius 3 is 3.13 bits per heavy atom. The van der Waals surface area contributed by atoms with Crippen molar-refractivity contribution in [3.63, 3.8) is 0 Å². The van der Waals surface area contributed by atoms with Crippen LogP contribution in [0.3, 0.4) is 0 Å². The first kappa shape index (κ1) is 10.4. The maximum Gasteiger partial charge on any atom is 0.0794 e. The molecular weight excluding hydrogens is 206 g/mol. The van der Waals surface area contributed by atoms with Crippen LogP contribution in [-0.4, -0.2) is 16.6 Å². The molecule has 1 N–H and O–H groups in total. The molecule has 2 aromatic rings. The van der Waals surface area contributed by atoms with Crippen molar-refractivity contribution in [2.45, 2.75) is 19.5 Å². The lowest BCUT2D eigenvalue weighted by Crippen LogP contribution is -2.11. The number of rotatable bonds is 4. The van der Waals surface area contributed by atoms with Crippen LogP contribution in [0.25, 0.3) is 0 Å². The van der Waals surface area contributed by atoms with Crippen molar-refractivity contribution in [2.75, 3.05) is 7.05 Å². The topological polar surface area (TPSA) is 29.9 Å². The molecule has 15 heavy (non-hydrogen) atoms. The van der Waals surface area contributed by atoms with E-state index in [2.05, 4.69) is 40.3 Å². The largest absolute Gasteiger partial charge is 0.349 e. The van der Waals surface area contributed by atoms with E-state index in [0.717, 1.165) is 6.54 Å². The van der Waals surface area contributed by atoms with E-state index in [1.807, 2.05) is 18.8 Å². The van der Waals surface area contributed by atoms with Crippen LogP contribution in [0.2, 0.25) is 0 Å². The molecule has 0 saturated heterocycles. The van der Waals surface area contributed by atoms with Gasteiger partial charge in [-0.25, -0.2) is 0 Å². The highest BCUT2D eigenvalue weighted by Gasteiger charge is 2.04. The highest BCUT2D eigenvalue weighted by atomic mass is 32.1. The minimum Gasteiger partial charge on any atom is -0.349 e. The maximum absolute atomic E-state index is 4.07. The number of aromatic nitrogens is 2. The van der Waals surface area contributed by atoms with E-state index in [0.29, 0.717) is 6.04 Å².